The summed E-state index contributed by atoms with van der Waals surface area (Å²) in [6, 6.07) is 5.37. The number of aryl methyl sites for hydroxylation is 1. The van der Waals surface area contributed by atoms with Gasteiger partial charge in [-0.15, -0.1) is 0 Å². The molecule has 78 valence electrons. The van der Waals surface area contributed by atoms with E-state index >= 15 is 0 Å². The topological polar surface area (TPSA) is 35.2 Å². The molecule has 0 saturated carbocycles. The van der Waals surface area contributed by atoms with Crippen molar-refractivity contribution < 1.29 is 9.13 Å². The van der Waals surface area contributed by atoms with Crippen LogP contribution in [0.25, 0.3) is 0 Å². The Bertz CT molecular complexity index is 301. The van der Waals surface area contributed by atoms with Crippen molar-refractivity contribution in [2.24, 2.45) is 5.73 Å². The van der Waals surface area contributed by atoms with E-state index in [0.717, 1.165) is 11.3 Å². The molecule has 1 rings (SSSR count). The summed E-state index contributed by atoms with van der Waals surface area (Å²) in [5.74, 6) is 0.724. The van der Waals surface area contributed by atoms with Crippen molar-refractivity contribution in [2.75, 3.05) is 13.7 Å². The summed E-state index contributed by atoms with van der Waals surface area (Å²) >= 11 is 0. The van der Waals surface area contributed by atoms with Crippen LogP contribution in [0.5, 0.6) is 5.75 Å². The van der Waals surface area contributed by atoms with Gasteiger partial charge in [0, 0.05) is 0 Å². The van der Waals surface area contributed by atoms with Crippen LogP contribution < -0.4 is 10.5 Å². The molecule has 0 aliphatic rings. The fraction of sp³-hybridized carbons (Fsp3) is 0.455. The minimum atomic E-state index is -0.991. The van der Waals surface area contributed by atoms with Gasteiger partial charge in [-0.25, -0.2) is 4.39 Å². The molecule has 2 nitrogen and oxygen atoms in total. The Morgan fingerprint density at radius 3 is 2.79 bits per heavy atom. The van der Waals surface area contributed by atoms with Gasteiger partial charge in [0.2, 0.25) is 0 Å². The summed E-state index contributed by atoms with van der Waals surface area (Å²) < 4.78 is 18.6. The molecule has 1 atom stereocenters. The van der Waals surface area contributed by atoms with Gasteiger partial charge in [0.05, 0.1) is 7.11 Å². The second-order valence-corrected chi connectivity index (χ2v) is 3.27. The van der Waals surface area contributed by atoms with E-state index in [-0.39, 0.29) is 0 Å². The minimum absolute atomic E-state index is 0.353. The molecule has 2 N–H and O–H groups in total. The zero-order valence-electron chi connectivity index (χ0n) is 8.59. The van der Waals surface area contributed by atoms with Gasteiger partial charge >= 0.3 is 0 Å². The maximum Gasteiger partial charge on any atom is 0.126 e. The van der Waals surface area contributed by atoms with Crippen molar-refractivity contribution in [1.29, 1.82) is 0 Å². The molecule has 14 heavy (non-hydrogen) atoms. The molecule has 0 saturated heterocycles. The molecule has 0 spiro atoms. The molecule has 1 aromatic carbocycles. The highest BCUT2D eigenvalue weighted by molar-refractivity contribution is 5.37. The summed E-state index contributed by atoms with van der Waals surface area (Å²) in [5, 5.41) is 0. The van der Waals surface area contributed by atoms with Crippen LogP contribution in [0, 0.1) is 6.92 Å². The molecule has 0 heterocycles. The second-order valence-electron chi connectivity index (χ2n) is 3.27. The summed E-state index contributed by atoms with van der Waals surface area (Å²) in [5.41, 5.74) is 6.94. The highest BCUT2D eigenvalue weighted by Gasteiger charge is 2.10. The Hall–Kier alpha value is -1.09. The molecule has 1 unspecified atom stereocenters. The van der Waals surface area contributed by atoms with Gasteiger partial charge in [0.1, 0.15) is 11.9 Å². The number of methoxy groups -OCH3 is 1. The standard InChI is InChI=1S/C11H16FNO/c1-8-3-4-9(7-11(8)14-2)10(12)5-6-13/h3-4,7,10H,5-6,13H2,1-2H3. The van der Waals surface area contributed by atoms with E-state index in [1.165, 1.54) is 0 Å². The third-order valence-corrected chi connectivity index (χ3v) is 2.21. The van der Waals surface area contributed by atoms with Gasteiger partial charge in [-0.3, -0.25) is 0 Å². The fourth-order valence-electron chi connectivity index (χ4n) is 1.34. The molecule has 3 heteroatoms. The average Bonchev–Trinajstić information content (AvgIpc) is 2.19. The van der Waals surface area contributed by atoms with Crippen LogP contribution in [0.3, 0.4) is 0 Å². The van der Waals surface area contributed by atoms with Crippen LogP contribution in [-0.4, -0.2) is 13.7 Å². The van der Waals surface area contributed by atoms with Crippen LogP contribution in [0.1, 0.15) is 23.7 Å². The predicted molar refractivity (Wildman–Crippen MR) is 55.3 cm³/mol. The fourth-order valence-corrected chi connectivity index (χ4v) is 1.34. The summed E-state index contributed by atoms with van der Waals surface area (Å²) in [7, 11) is 1.59. The van der Waals surface area contributed by atoms with Crippen LogP contribution in [0.15, 0.2) is 18.2 Å². The predicted octanol–water partition coefficient (Wildman–Crippen LogP) is 2.36. The van der Waals surface area contributed by atoms with Gasteiger partial charge in [-0.1, -0.05) is 12.1 Å². The lowest BCUT2D eigenvalue weighted by Gasteiger charge is -2.10. The van der Waals surface area contributed by atoms with Crippen LogP contribution in [0.4, 0.5) is 4.39 Å². The van der Waals surface area contributed by atoms with Gasteiger partial charge in [-0.05, 0) is 37.1 Å². The van der Waals surface area contributed by atoms with Crippen LogP contribution in [0.2, 0.25) is 0 Å². The highest BCUT2D eigenvalue weighted by Crippen LogP contribution is 2.26. The van der Waals surface area contributed by atoms with Crippen molar-refractivity contribution in [2.45, 2.75) is 19.5 Å². The Morgan fingerprint density at radius 1 is 1.50 bits per heavy atom. The van der Waals surface area contributed by atoms with Gasteiger partial charge in [-0.2, -0.15) is 0 Å². The molecular weight excluding hydrogens is 181 g/mol. The van der Waals surface area contributed by atoms with Gasteiger partial charge in [0.25, 0.3) is 0 Å². The first-order chi connectivity index (χ1) is 6.69. The molecule has 1 aromatic rings. The number of ether oxygens (including phenoxy) is 1. The highest BCUT2D eigenvalue weighted by atomic mass is 19.1. The van der Waals surface area contributed by atoms with Crippen LogP contribution >= 0.6 is 0 Å². The SMILES string of the molecule is COc1cc(C(F)CCN)ccc1C. The van der Waals surface area contributed by atoms with E-state index < -0.39 is 6.17 Å². The second kappa shape index (κ2) is 4.96. The minimum Gasteiger partial charge on any atom is -0.496 e. The monoisotopic (exact) mass is 197 g/mol. The van der Waals surface area contributed by atoms with Crippen molar-refractivity contribution in [1.82, 2.24) is 0 Å². The van der Waals surface area contributed by atoms with Crippen LogP contribution in [-0.2, 0) is 0 Å². The number of alkyl halides is 1. The average molecular weight is 197 g/mol. The molecular formula is C11H16FNO. The zero-order chi connectivity index (χ0) is 10.6. The van der Waals surface area contributed by atoms with E-state index in [4.69, 9.17) is 10.5 Å². The van der Waals surface area contributed by atoms with Gasteiger partial charge in [0.15, 0.2) is 0 Å². The molecule has 0 radical (unpaired) electrons. The number of benzene rings is 1. The van der Waals surface area contributed by atoms with Crippen molar-refractivity contribution in [3.05, 3.63) is 29.3 Å². The molecule has 0 amide bonds. The van der Waals surface area contributed by atoms with E-state index in [2.05, 4.69) is 0 Å². The largest absolute Gasteiger partial charge is 0.496 e. The quantitative estimate of drug-likeness (QED) is 0.804. The number of halogens is 1. The Labute approximate surface area is 83.9 Å². The van der Waals surface area contributed by atoms with E-state index in [9.17, 15) is 4.39 Å². The van der Waals surface area contributed by atoms with Gasteiger partial charge < -0.3 is 10.5 Å². The summed E-state index contributed by atoms with van der Waals surface area (Å²) in [4.78, 5) is 0. The smallest absolute Gasteiger partial charge is 0.126 e. The third-order valence-electron chi connectivity index (χ3n) is 2.21. The van der Waals surface area contributed by atoms with E-state index in [0.29, 0.717) is 18.5 Å². The maximum atomic E-state index is 13.4. The first-order valence-electron chi connectivity index (χ1n) is 4.67. The lowest BCUT2D eigenvalue weighted by atomic mass is 10.1. The number of rotatable bonds is 4. The molecule has 0 aliphatic carbocycles. The number of hydrogen-bond donors (Lipinski definition) is 1. The Kier molecular flexibility index (Phi) is 3.89. The van der Waals surface area contributed by atoms with Crippen molar-refractivity contribution >= 4 is 0 Å². The van der Waals surface area contributed by atoms with Crippen molar-refractivity contribution in [3.63, 3.8) is 0 Å². The molecule has 0 aliphatic heterocycles. The Morgan fingerprint density at radius 2 is 2.21 bits per heavy atom. The van der Waals surface area contributed by atoms with Crippen molar-refractivity contribution in [3.8, 4) is 5.75 Å². The molecule has 0 aromatic heterocycles. The first kappa shape index (κ1) is 11.0. The Balaban J connectivity index is 2.88. The lowest BCUT2D eigenvalue weighted by molar-refractivity contribution is 0.325. The number of hydrogen-bond acceptors (Lipinski definition) is 2. The molecule has 0 bridgehead atoms. The zero-order valence-corrected chi connectivity index (χ0v) is 8.59. The van der Waals surface area contributed by atoms with E-state index in [1.54, 1.807) is 19.2 Å². The lowest BCUT2D eigenvalue weighted by Crippen LogP contribution is -2.04. The summed E-state index contributed by atoms with van der Waals surface area (Å²) in [6.07, 6.45) is -0.638. The first-order valence-corrected chi connectivity index (χ1v) is 4.67. The van der Waals surface area contributed by atoms with E-state index in [1.807, 2.05) is 13.0 Å². The number of nitrogens with two attached hydrogens (primary N) is 1. The maximum absolute atomic E-state index is 13.4. The normalized spacial score (nSPS) is 12.6. The molecule has 0 fully saturated rings. The summed E-state index contributed by atoms with van der Waals surface area (Å²) in [6.45, 7) is 2.29. The third kappa shape index (κ3) is 2.45.